The molecule has 2 heterocycles. The molecule has 0 atom stereocenters. The first-order valence-electron chi connectivity index (χ1n) is 4.43. The molecule has 0 spiro atoms. The maximum absolute atomic E-state index is 10.6. The van der Waals surface area contributed by atoms with E-state index in [0.29, 0.717) is 12.4 Å². The molecule has 0 bridgehead atoms. The third-order valence-electron chi connectivity index (χ3n) is 1.76. The van der Waals surface area contributed by atoms with Crippen molar-refractivity contribution in [2.24, 2.45) is 0 Å². The summed E-state index contributed by atoms with van der Waals surface area (Å²) in [5.74, 6) is -0.666. The van der Waals surface area contributed by atoms with Gasteiger partial charge in [-0.2, -0.15) is 0 Å². The Bertz CT molecular complexity index is 486. The summed E-state index contributed by atoms with van der Waals surface area (Å²) < 4.78 is 0. The Morgan fingerprint density at radius 3 is 3.06 bits per heavy atom. The Labute approximate surface area is 95.0 Å². The van der Waals surface area contributed by atoms with Gasteiger partial charge in [-0.05, 0) is 0 Å². The average molecular weight is 236 g/mol. The number of hydrogen-bond donors (Lipinski definition) is 2. The molecule has 0 aromatic carbocycles. The monoisotopic (exact) mass is 236 g/mol. The number of nitrogens with zero attached hydrogens (tertiary/aromatic N) is 3. The molecule has 0 saturated heterocycles. The number of thiazole rings is 1. The molecule has 0 radical (unpaired) electrons. The Balaban J connectivity index is 2.04. The van der Waals surface area contributed by atoms with Gasteiger partial charge >= 0.3 is 5.97 Å². The molecule has 2 aromatic heterocycles. The van der Waals surface area contributed by atoms with Gasteiger partial charge in [-0.25, -0.2) is 14.8 Å². The van der Waals surface area contributed by atoms with Gasteiger partial charge in [0.25, 0.3) is 0 Å². The van der Waals surface area contributed by atoms with E-state index in [1.165, 1.54) is 23.7 Å². The zero-order chi connectivity index (χ0) is 11.4. The van der Waals surface area contributed by atoms with E-state index in [1.807, 2.05) is 5.38 Å². The van der Waals surface area contributed by atoms with Gasteiger partial charge in [0.2, 0.25) is 0 Å². The summed E-state index contributed by atoms with van der Waals surface area (Å²) in [4.78, 5) is 22.4. The fourth-order valence-corrected chi connectivity index (χ4v) is 1.62. The largest absolute Gasteiger partial charge is 0.476 e. The van der Waals surface area contributed by atoms with E-state index in [0.717, 1.165) is 5.01 Å². The molecule has 0 aliphatic heterocycles. The van der Waals surface area contributed by atoms with E-state index in [4.69, 9.17) is 5.11 Å². The number of anilines is 1. The molecule has 0 aliphatic rings. The lowest BCUT2D eigenvalue weighted by molar-refractivity contribution is 0.0690. The van der Waals surface area contributed by atoms with Crippen LogP contribution >= 0.6 is 11.3 Å². The Hall–Kier alpha value is -2.02. The van der Waals surface area contributed by atoms with Gasteiger partial charge in [-0.3, -0.25) is 4.98 Å². The summed E-state index contributed by atoms with van der Waals surface area (Å²) in [6, 6.07) is 0. The number of carboxylic acids is 1. The average Bonchev–Trinajstić information content (AvgIpc) is 2.79. The predicted octanol–water partition coefficient (Wildman–Crippen LogP) is 1.24. The van der Waals surface area contributed by atoms with Crippen LogP contribution in [0.3, 0.4) is 0 Å². The highest BCUT2D eigenvalue weighted by Crippen LogP contribution is 2.08. The number of carboxylic acid groups (broad SMARTS) is 1. The van der Waals surface area contributed by atoms with E-state index in [1.54, 1.807) is 6.20 Å². The third kappa shape index (κ3) is 2.51. The van der Waals surface area contributed by atoms with Crippen molar-refractivity contribution in [3.05, 3.63) is 34.7 Å². The van der Waals surface area contributed by atoms with Crippen LogP contribution in [0, 0.1) is 0 Å². The van der Waals surface area contributed by atoms with Crippen LogP contribution in [-0.4, -0.2) is 26.0 Å². The molecule has 2 N–H and O–H groups in total. The predicted molar refractivity (Wildman–Crippen MR) is 58.4 cm³/mol. The summed E-state index contributed by atoms with van der Waals surface area (Å²) >= 11 is 1.51. The quantitative estimate of drug-likeness (QED) is 0.830. The van der Waals surface area contributed by atoms with Crippen molar-refractivity contribution in [3.8, 4) is 0 Å². The fraction of sp³-hybridized carbons (Fsp3) is 0.111. The van der Waals surface area contributed by atoms with Gasteiger partial charge in [0, 0.05) is 11.6 Å². The van der Waals surface area contributed by atoms with E-state index in [9.17, 15) is 4.79 Å². The number of aromatic carboxylic acids is 1. The van der Waals surface area contributed by atoms with Crippen molar-refractivity contribution in [2.75, 3.05) is 5.32 Å². The zero-order valence-corrected chi connectivity index (χ0v) is 8.94. The maximum atomic E-state index is 10.6. The van der Waals surface area contributed by atoms with E-state index in [-0.39, 0.29) is 5.69 Å². The van der Waals surface area contributed by atoms with Gasteiger partial charge in [0.15, 0.2) is 5.69 Å². The Kier molecular flexibility index (Phi) is 3.06. The molecular formula is C9H8N4O2S. The number of hydrogen-bond acceptors (Lipinski definition) is 6. The lowest BCUT2D eigenvalue weighted by Gasteiger charge is -2.02. The SMILES string of the molecule is O=C(O)c1cncc(NCc2nccs2)n1. The van der Waals surface area contributed by atoms with E-state index < -0.39 is 5.97 Å². The van der Waals surface area contributed by atoms with Crippen molar-refractivity contribution in [2.45, 2.75) is 6.54 Å². The highest BCUT2D eigenvalue weighted by Gasteiger charge is 2.05. The number of carbonyl (C=O) groups is 1. The molecule has 2 rings (SSSR count). The van der Waals surface area contributed by atoms with Crippen LogP contribution in [0.2, 0.25) is 0 Å². The second-order valence-electron chi connectivity index (χ2n) is 2.87. The molecule has 0 amide bonds. The van der Waals surface area contributed by atoms with Crippen molar-refractivity contribution in [3.63, 3.8) is 0 Å². The first-order chi connectivity index (χ1) is 7.75. The topological polar surface area (TPSA) is 88.0 Å². The number of nitrogens with one attached hydrogen (secondary N) is 1. The van der Waals surface area contributed by atoms with Crippen molar-refractivity contribution < 1.29 is 9.90 Å². The van der Waals surface area contributed by atoms with Crippen LogP contribution in [0.1, 0.15) is 15.5 Å². The first-order valence-corrected chi connectivity index (χ1v) is 5.31. The molecular weight excluding hydrogens is 228 g/mol. The Morgan fingerprint density at radius 1 is 1.50 bits per heavy atom. The van der Waals surface area contributed by atoms with Gasteiger partial charge in [0.1, 0.15) is 10.8 Å². The highest BCUT2D eigenvalue weighted by molar-refractivity contribution is 7.09. The van der Waals surface area contributed by atoms with Crippen molar-refractivity contribution in [1.29, 1.82) is 0 Å². The molecule has 6 nitrogen and oxygen atoms in total. The minimum atomic E-state index is -1.09. The van der Waals surface area contributed by atoms with Crippen LogP contribution in [0.25, 0.3) is 0 Å². The zero-order valence-electron chi connectivity index (χ0n) is 8.12. The molecule has 2 aromatic rings. The summed E-state index contributed by atoms with van der Waals surface area (Å²) in [6.45, 7) is 0.509. The summed E-state index contributed by atoms with van der Waals surface area (Å²) in [7, 11) is 0. The number of rotatable bonds is 4. The molecule has 0 aliphatic carbocycles. The van der Waals surface area contributed by atoms with Gasteiger partial charge < -0.3 is 10.4 Å². The molecule has 82 valence electrons. The van der Waals surface area contributed by atoms with Crippen molar-refractivity contribution >= 4 is 23.1 Å². The molecule has 16 heavy (non-hydrogen) atoms. The number of aromatic nitrogens is 3. The van der Waals surface area contributed by atoms with Crippen LogP contribution in [0.15, 0.2) is 24.0 Å². The van der Waals surface area contributed by atoms with Gasteiger partial charge in [-0.15, -0.1) is 11.3 Å². The smallest absolute Gasteiger partial charge is 0.356 e. The fourth-order valence-electron chi connectivity index (χ4n) is 1.06. The minimum Gasteiger partial charge on any atom is -0.476 e. The van der Waals surface area contributed by atoms with Crippen molar-refractivity contribution in [1.82, 2.24) is 15.0 Å². The van der Waals surface area contributed by atoms with Crippen LogP contribution < -0.4 is 5.32 Å². The Morgan fingerprint density at radius 2 is 2.38 bits per heavy atom. The highest BCUT2D eigenvalue weighted by atomic mass is 32.1. The third-order valence-corrected chi connectivity index (χ3v) is 2.54. The second-order valence-corrected chi connectivity index (χ2v) is 3.85. The standard InChI is InChI=1S/C9H8N4O2S/c14-9(15)6-3-10-4-7(13-6)12-5-8-11-1-2-16-8/h1-4H,5H2,(H,12,13)(H,14,15). The maximum Gasteiger partial charge on any atom is 0.356 e. The van der Waals surface area contributed by atoms with Crippen LogP contribution in [0.5, 0.6) is 0 Å². The van der Waals surface area contributed by atoms with E-state index in [2.05, 4.69) is 20.3 Å². The molecule has 7 heteroatoms. The minimum absolute atomic E-state index is 0.0795. The second kappa shape index (κ2) is 4.67. The normalized spacial score (nSPS) is 10.0. The summed E-state index contributed by atoms with van der Waals surface area (Å²) in [6.07, 6.45) is 4.39. The molecule has 0 unspecified atom stereocenters. The lowest BCUT2D eigenvalue weighted by Crippen LogP contribution is -2.06. The summed E-state index contributed by atoms with van der Waals surface area (Å²) in [5, 5.41) is 14.5. The van der Waals surface area contributed by atoms with Crippen LogP contribution in [-0.2, 0) is 6.54 Å². The lowest BCUT2D eigenvalue weighted by atomic mass is 10.4. The van der Waals surface area contributed by atoms with E-state index >= 15 is 0 Å². The first kappa shape index (κ1) is 10.5. The van der Waals surface area contributed by atoms with Gasteiger partial charge in [-0.1, -0.05) is 0 Å². The molecule has 0 fully saturated rings. The molecule has 0 saturated carbocycles. The van der Waals surface area contributed by atoms with Crippen LogP contribution in [0.4, 0.5) is 5.82 Å². The summed E-state index contributed by atoms with van der Waals surface area (Å²) in [5.41, 5.74) is -0.0795. The van der Waals surface area contributed by atoms with Gasteiger partial charge in [0.05, 0.1) is 18.9 Å².